The number of aromatic nitrogens is 3. The number of anilines is 2. The second kappa shape index (κ2) is 8.01. The number of nitrogens with zero attached hydrogens (tertiary/aromatic N) is 4. The molecule has 0 radical (unpaired) electrons. The lowest BCUT2D eigenvalue weighted by Gasteiger charge is -2.08. The van der Waals surface area contributed by atoms with E-state index in [1.807, 2.05) is 25.9 Å². The molecule has 0 aliphatic heterocycles. The monoisotopic (exact) mass is 324 g/mol. The summed E-state index contributed by atoms with van der Waals surface area (Å²) in [6.45, 7) is 6.11. The maximum atomic E-state index is 11.9. The lowest BCUT2D eigenvalue weighted by atomic mass is 10.2. The molecular formula is C17H20N6O. The van der Waals surface area contributed by atoms with Crippen molar-refractivity contribution < 1.29 is 4.79 Å². The van der Waals surface area contributed by atoms with Crippen LogP contribution in [0, 0.1) is 0 Å². The summed E-state index contributed by atoms with van der Waals surface area (Å²) in [5.74, 6) is 0.798. The Balaban J connectivity index is 2.23. The van der Waals surface area contributed by atoms with Gasteiger partial charge in [0.2, 0.25) is 5.91 Å². The van der Waals surface area contributed by atoms with E-state index in [0.29, 0.717) is 23.7 Å². The molecule has 0 spiro atoms. The van der Waals surface area contributed by atoms with E-state index in [-0.39, 0.29) is 5.91 Å². The van der Waals surface area contributed by atoms with Crippen LogP contribution in [0.3, 0.4) is 0 Å². The number of hydrogen-bond acceptors (Lipinski definition) is 6. The number of hydrogen-bond donors (Lipinski definition) is 2. The van der Waals surface area contributed by atoms with Crippen LogP contribution in [0.5, 0.6) is 0 Å². The van der Waals surface area contributed by atoms with Crippen LogP contribution in [0.4, 0.5) is 11.6 Å². The molecule has 1 amide bonds. The number of likely N-dealkylation sites (N-methyl/N-ethyl adjacent to an activating group) is 1. The van der Waals surface area contributed by atoms with Crippen LogP contribution in [0.1, 0.15) is 6.92 Å². The number of fused-ring (bicyclic) bond motifs is 1. The van der Waals surface area contributed by atoms with E-state index < -0.39 is 0 Å². The molecule has 2 N–H and O–H groups in total. The third-order valence-corrected chi connectivity index (χ3v) is 3.08. The topological polar surface area (TPSA) is 83.0 Å². The van der Waals surface area contributed by atoms with Gasteiger partial charge in [-0.3, -0.25) is 4.79 Å². The summed E-state index contributed by atoms with van der Waals surface area (Å²) in [6.07, 6.45) is 6.31. The number of amides is 1. The first-order valence-corrected chi connectivity index (χ1v) is 7.36. The highest BCUT2D eigenvalue weighted by atomic mass is 16.1. The Morgan fingerprint density at radius 2 is 2.12 bits per heavy atom. The van der Waals surface area contributed by atoms with Crippen molar-refractivity contribution in [3.05, 3.63) is 48.7 Å². The van der Waals surface area contributed by atoms with Crippen molar-refractivity contribution >= 4 is 28.4 Å². The van der Waals surface area contributed by atoms with Gasteiger partial charge in [-0.15, -0.1) is 5.73 Å². The van der Waals surface area contributed by atoms with Crippen LogP contribution in [-0.4, -0.2) is 46.4 Å². The fraction of sp³-hybridized carbons (Fsp3) is 0.235. The highest BCUT2D eigenvalue weighted by Gasteiger charge is 2.07. The molecule has 0 unspecified atom stereocenters. The molecule has 124 valence electrons. The van der Waals surface area contributed by atoms with Crippen molar-refractivity contribution in [1.29, 1.82) is 0 Å². The molecular weight excluding hydrogens is 304 g/mol. The summed E-state index contributed by atoms with van der Waals surface area (Å²) < 4.78 is 0. The Morgan fingerprint density at radius 1 is 1.33 bits per heavy atom. The minimum absolute atomic E-state index is 0.239. The Hall–Kier alpha value is -3.02. The van der Waals surface area contributed by atoms with Gasteiger partial charge in [0.25, 0.3) is 0 Å². The van der Waals surface area contributed by atoms with E-state index in [1.54, 1.807) is 18.3 Å². The molecule has 24 heavy (non-hydrogen) atoms. The fourth-order valence-corrected chi connectivity index (χ4v) is 1.89. The lowest BCUT2D eigenvalue weighted by molar-refractivity contribution is -0.111. The molecule has 0 fully saturated rings. The van der Waals surface area contributed by atoms with E-state index in [4.69, 9.17) is 0 Å². The van der Waals surface area contributed by atoms with Crippen LogP contribution in [0.2, 0.25) is 0 Å². The first-order chi connectivity index (χ1) is 11.5. The molecule has 2 heterocycles. The lowest BCUT2D eigenvalue weighted by Crippen LogP contribution is -2.13. The molecule has 0 bridgehead atoms. The quantitative estimate of drug-likeness (QED) is 0.626. The molecule has 2 rings (SSSR count). The highest BCUT2D eigenvalue weighted by molar-refractivity contribution is 6.00. The number of pyridine rings is 1. The average Bonchev–Trinajstić information content (AvgIpc) is 2.55. The van der Waals surface area contributed by atoms with Crippen LogP contribution in [-0.2, 0) is 4.79 Å². The molecule has 2 aromatic rings. The first kappa shape index (κ1) is 17.3. The normalized spacial score (nSPS) is 10.8. The molecule has 7 nitrogen and oxygen atoms in total. The van der Waals surface area contributed by atoms with E-state index in [1.165, 1.54) is 12.4 Å². The summed E-state index contributed by atoms with van der Waals surface area (Å²) >= 11 is 0. The summed E-state index contributed by atoms with van der Waals surface area (Å²) in [4.78, 5) is 26.5. The standard InChI is InChI=1S/C17H20N6O/c1-5-12(2)21-17-13-9-15(18-10-14(13)19-11-20-17)22-16(24)7-6-8-23(3)4/h6-7,9-11H,1,8H2,2-4H3,(H,18,22,24)(H,19,20,21)/b7-6+. The van der Waals surface area contributed by atoms with E-state index in [2.05, 4.69) is 37.9 Å². The van der Waals surface area contributed by atoms with Crippen molar-refractivity contribution in [2.24, 2.45) is 0 Å². The van der Waals surface area contributed by atoms with Gasteiger partial charge in [0.1, 0.15) is 18.0 Å². The third kappa shape index (κ3) is 4.74. The maximum absolute atomic E-state index is 11.9. The first-order valence-electron chi connectivity index (χ1n) is 7.36. The van der Waals surface area contributed by atoms with Gasteiger partial charge in [0.05, 0.1) is 17.4 Å². The summed E-state index contributed by atoms with van der Waals surface area (Å²) in [7, 11) is 3.86. The van der Waals surface area contributed by atoms with Crippen LogP contribution in [0.25, 0.3) is 10.9 Å². The number of carbonyl (C=O) groups is 1. The van der Waals surface area contributed by atoms with Crippen molar-refractivity contribution in [2.45, 2.75) is 6.92 Å². The largest absolute Gasteiger partial charge is 0.337 e. The van der Waals surface area contributed by atoms with Gasteiger partial charge >= 0.3 is 0 Å². The summed E-state index contributed by atoms with van der Waals surface area (Å²) in [6, 6.07) is 1.73. The van der Waals surface area contributed by atoms with Crippen LogP contribution < -0.4 is 10.6 Å². The molecule has 2 aromatic heterocycles. The van der Waals surface area contributed by atoms with Crippen molar-refractivity contribution in [2.75, 3.05) is 31.3 Å². The molecule has 7 heteroatoms. The number of nitrogens with one attached hydrogen (secondary N) is 2. The minimum atomic E-state index is -0.239. The average molecular weight is 324 g/mol. The van der Waals surface area contributed by atoms with E-state index >= 15 is 0 Å². The van der Waals surface area contributed by atoms with Crippen molar-refractivity contribution in [3.8, 4) is 0 Å². The Bertz CT molecular complexity index is 821. The smallest absolute Gasteiger partial charge is 0.249 e. The van der Waals surface area contributed by atoms with Gasteiger partial charge in [0.15, 0.2) is 0 Å². The van der Waals surface area contributed by atoms with Gasteiger partial charge in [0, 0.05) is 18.0 Å². The Morgan fingerprint density at radius 3 is 2.83 bits per heavy atom. The predicted octanol–water partition coefficient (Wildman–Crippen LogP) is 2.18. The highest BCUT2D eigenvalue weighted by Crippen LogP contribution is 2.22. The molecule has 0 atom stereocenters. The minimum Gasteiger partial charge on any atom is -0.337 e. The van der Waals surface area contributed by atoms with Gasteiger partial charge < -0.3 is 15.5 Å². The third-order valence-electron chi connectivity index (χ3n) is 3.08. The Kier molecular flexibility index (Phi) is 5.78. The number of carbonyl (C=O) groups excluding carboxylic acids is 1. The molecule has 0 aromatic carbocycles. The second-order valence-electron chi connectivity index (χ2n) is 5.39. The molecule has 0 aliphatic carbocycles. The van der Waals surface area contributed by atoms with E-state index in [9.17, 15) is 4.79 Å². The molecule has 0 aliphatic rings. The second-order valence-corrected chi connectivity index (χ2v) is 5.39. The molecule has 0 saturated heterocycles. The fourth-order valence-electron chi connectivity index (χ4n) is 1.89. The summed E-state index contributed by atoms with van der Waals surface area (Å²) in [5.41, 5.74) is 4.17. The predicted molar refractivity (Wildman–Crippen MR) is 95.6 cm³/mol. The van der Waals surface area contributed by atoms with Crippen LogP contribution >= 0.6 is 0 Å². The zero-order valence-electron chi connectivity index (χ0n) is 14.0. The number of allylic oxidation sites excluding steroid dienone is 1. The van der Waals surface area contributed by atoms with Gasteiger partial charge in [-0.05, 0) is 27.1 Å². The zero-order valence-corrected chi connectivity index (χ0v) is 14.0. The van der Waals surface area contributed by atoms with Crippen molar-refractivity contribution in [1.82, 2.24) is 19.9 Å². The van der Waals surface area contributed by atoms with Gasteiger partial charge in [-0.1, -0.05) is 12.7 Å². The van der Waals surface area contributed by atoms with Gasteiger partial charge in [-0.2, -0.15) is 0 Å². The van der Waals surface area contributed by atoms with Gasteiger partial charge in [-0.25, -0.2) is 15.0 Å². The SMILES string of the molecule is C=C=C(C)Nc1ncnc2cnc(NC(=O)/C=C/CN(C)C)cc12. The Labute approximate surface area is 140 Å². The van der Waals surface area contributed by atoms with E-state index in [0.717, 1.165) is 11.1 Å². The molecule has 0 saturated carbocycles. The van der Waals surface area contributed by atoms with Crippen molar-refractivity contribution in [3.63, 3.8) is 0 Å². The van der Waals surface area contributed by atoms with Crippen LogP contribution in [0.15, 0.2) is 48.7 Å². The summed E-state index contributed by atoms with van der Waals surface area (Å²) in [5, 5.41) is 6.57. The maximum Gasteiger partial charge on any atom is 0.249 e. The number of rotatable bonds is 6. The zero-order chi connectivity index (χ0) is 17.5.